The standard InChI is InChI=1S/C9H9ClN2.C4H6O3/c1-2-12-8-3-4-9(10)7(5-8)6-11;1-3(5)2-4(6)7/h3-5,12H,2H2,1H3;2H2,1H3,(H,6,7). The Labute approximate surface area is 116 Å². The highest BCUT2D eigenvalue weighted by Crippen LogP contribution is 2.19. The van der Waals surface area contributed by atoms with Crippen molar-refractivity contribution in [2.24, 2.45) is 0 Å². The summed E-state index contributed by atoms with van der Waals surface area (Å²) in [4.78, 5) is 19.5. The molecule has 0 saturated carbocycles. The zero-order chi connectivity index (χ0) is 14.8. The molecule has 0 bridgehead atoms. The van der Waals surface area contributed by atoms with Gasteiger partial charge in [-0.25, -0.2) is 0 Å². The molecule has 1 aromatic rings. The molecule has 102 valence electrons. The van der Waals surface area contributed by atoms with Crippen LogP contribution in [0.25, 0.3) is 0 Å². The summed E-state index contributed by atoms with van der Waals surface area (Å²) >= 11 is 5.75. The third-order valence-corrected chi connectivity index (χ3v) is 2.20. The Kier molecular flexibility index (Phi) is 7.98. The molecule has 0 radical (unpaired) electrons. The lowest BCUT2D eigenvalue weighted by Gasteiger charge is -2.03. The Bertz CT molecular complexity index is 483. The van der Waals surface area contributed by atoms with Crippen LogP contribution in [0, 0.1) is 11.3 Å². The third-order valence-electron chi connectivity index (χ3n) is 1.87. The van der Waals surface area contributed by atoms with Gasteiger partial charge in [0.1, 0.15) is 18.3 Å². The maximum Gasteiger partial charge on any atom is 0.310 e. The Balaban J connectivity index is 0.000000399. The van der Waals surface area contributed by atoms with Gasteiger partial charge in [0.15, 0.2) is 0 Å². The van der Waals surface area contributed by atoms with E-state index in [9.17, 15) is 9.59 Å². The van der Waals surface area contributed by atoms with Crippen LogP contribution in [-0.4, -0.2) is 23.4 Å². The molecule has 0 aliphatic carbocycles. The Morgan fingerprint density at radius 1 is 1.47 bits per heavy atom. The van der Waals surface area contributed by atoms with Crippen LogP contribution < -0.4 is 5.32 Å². The first-order valence-corrected chi connectivity index (χ1v) is 5.93. The minimum absolute atomic E-state index is 0.312. The van der Waals surface area contributed by atoms with E-state index in [2.05, 4.69) is 5.32 Å². The number of hydrogen-bond donors (Lipinski definition) is 2. The number of hydrogen-bond acceptors (Lipinski definition) is 4. The number of benzene rings is 1. The van der Waals surface area contributed by atoms with Crippen LogP contribution in [-0.2, 0) is 9.59 Å². The fraction of sp³-hybridized carbons (Fsp3) is 0.308. The molecule has 0 amide bonds. The number of carboxylic acids is 1. The van der Waals surface area contributed by atoms with Gasteiger partial charge in [-0.1, -0.05) is 11.6 Å². The number of carbonyl (C=O) groups is 2. The van der Waals surface area contributed by atoms with Crippen LogP contribution in [0.15, 0.2) is 18.2 Å². The van der Waals surface area contributed by atoms with Crippen molar-refractivity contribution >= 4 is 29.0 Å². The second-order valence-corrected chi connectivity index (χ2v) is 4.02. The molecule has 0 aromatic heterocycles. The number of carbonyl (C=O) groups excluding carboxylic acids is 1. The van der Waals surface area contributed by atoms with Crippen LogP contribution in [0.2, 0.25) is 5.02 Å². The van der Waals surface area contributed by atoms with Gasteiger partial charge in [0.25, 0.3) is 0 Å². The summed E-state index contributed by atoms with van der Waals surface area (Å²) in [5.74, 6) is -1.37. The summed E-state index contributed by atoms with van der Waals surface area (Å²) in [6, 6.07) is 7.34. The number of halogens is 1. The molecule has 0 unspecified atom stereocenters. The van der Waals surface area contributed by atoms with Gasteiger partial charge < -0.3 is 10.4 Å². The van der Waals surface area contributed by atoms with Gasteiger partial charge in [-0.3, -0.25) is 9.59 Å². The average molecular weight is 283 g/mol. The van der Waals surface area contributed by atoms with Crippen molar-refractivity contribution in [3.05, 3.63) is 28.8 Å². The highest BCUT2D eigenvalue weighted by Gasteiger charge is 1.99. The van der Waals surface area contributed by atoms with E-state index < -0.39 is 5.97 Å². The quantitative estimate of drug-likeness (QED) is 0.829. The van der Waals surface area contributed by atoms with Crippen molar-refractivity contribution in [3.8, 4) is 6.07 Å². The first-order chi connectivity index (χ1) is 8.90. The highest BCUT2D eigenvalue weighted by molar-refractivity contribution is 6.31. The van der Waals surface area contributed by atoms with Crippen molar-refractivity contribution < 1.29 is 14.7 Å². The summed E-state index contributed by atoms with van der Waals surface area (Å²) < 4.78 is 0. The molecule has 0 heterocycles. The number of anilines is 1. The second-order valence-electron chi connectivity index (χ2n) is 3.61. The number of nitrogens with zero attached hydrogens (tertiary/aromatic N) is 1. The molecule has 0 saturated heterocycles. The lowest BCUT2D eigenvalue weighted by molar-refractivity contribution is -0.139. The number of carboxylic acid groups (broad SMARTS) is 1. The lowest BCUT2D eigenvalue weighted by Crippen LogP contribution is -2.00. The molecule has 0 aliphatic rings. The smallest absolute Gasteiger partial charge is 0.310 e. The SMILES string of the molecule is CC(=O)CC(=O)O.CCNc1ccc(Cl)c(C#N)c1. The van der Waals surface area contributed by atoms with Crippen LogP contribution >= 0.6 is 11.6 Å². The first-order valence-electron chi connectivity index (χ1n) is 5.55. The van der Waals surface area contributed by atoms with E-state index in [4.69, 9.17) is 22.0 Å². The summed E-state index contributed by atoms with van der Waals surface area (Å²) in [5, 5.41) is 20.1. The molecular formula is C13H15ClN2O3. The van der Waals surface area contributed by atoms with Crippen LogP contribution in [0.3, 0.4) is 0 Å². The van der Waals surface area contributed by atoms with E-state index in [1.165, 1.54) is 6.92 Å². The predicted molar refractivity (Wildman–Crippen MR) is 73.3 cm³/mol. The zero-order valence-electron chi connectivity index (χ0n) is 10.7. The number of nitrogens with one attached hydrogen (secondary N) is 1. The topological polar surface area (TPSA) is 90.2 Å². The van der Waals surface area contributed by atoms with E-state index in [0.717, 1.165) is 12.2 Å². The minimum Gasteiger partial charge on any atom is -0.481 e. The third kappa shape index (κ3) is 7.79. The average Bonchev–Trinajstić information content (AvgIpc) is 2.31. The number of ketones is 1. The Hall–Kier alpha value is -2.06. The maximum absolute atomic E-state index is 9.87. The number of rotatable bonds is 4. The van der Waals surface area contributed by atoms with Crippen molar-refractivity contribution in [3.63, 3.8) is 0 Å². The van der Waals surface area contributed by atoms with Crippen molar-refractivity contribution in [1.82, 2.24) is 0 Å². The molecule has 2 N–H and O–H groups in total. The van der Waals surface area contributed by atoms with Crippen molar-refractivity contribution in [1.29, 1.82) is 5.26 Å². The number of Topliss-reactive ketones (excluding diaryl/α,β-unsaturated/α-hetero) is 1. The normalized spacial score (nSPS) is 8.74. The fourth-order valence-electron chi connectivity index (χ4n) is 1.14. The predicted octanol–water partition coefficient (Wildman–Crippen LogP) is 2.69. The zero-order valence-corrected chi connectivity index (χ0v) is 11.5. The lowest BCUT2D eigenvalue weighted by atomic mass is 10.2. The molecule has 0 spiro atoms. The Morgan fingerprint density at radius 2 is 2.11 bits per heavy atom. The maximum atomic E-state index is 9.87. The van der Waals surface area contributed by atoms with Gasteiger partial charge in [-0.2, -0.15) is 5.26 Å². The largest absolute Gasteiger partial charge is 0.481 e. The van der Waals surface area contributed by atoms with Crippen LogP contribution in [0.1, 0.15) is 25.8 Å². The van der Waals surface area contributed by atoms with Gasteiger partial charge in [-0.05, 0) is 32.0 Å². The van der Waals surface area contributed by atoms with Crippen LogP contribution in [0.5, 0.6) is 0 Å². The molecule has 0 fully saturated rings. The van der Waals surface area contributed by atoms with Gasteiger partial charge in [0.2, 0.25) is 0 Å². The van der Waals surface area contributed by atoms with Gasteiger partial charge in [-0.15, -0.1) is 0 Å². The summed E-state index contributed by atoms with van der Waals surface area (Å²) in [7, 11) is 0. The molecule has 0 atom stereocenters. The van der Waals surface area contributed by atoms with E-state index in [1.54, 1.807) is 12.1 Å². The summed E-state index contributed by atoms with van der Waals surface area (Å²) in [6.07, 6.45) is -0.361. The van der Waals surface area contributed by atoms with Crippen LogP contribution in [0.4, 0.5) is 5.69 Å². The van der Waals surface area contributed by atoms with E-state index in [-0.39, 0.29) is 12.2 Å². The van der Waals surface area contributed by atoms with Crippen molar-refractivity contribution in [2.45, 2.75) is 20.3 Å². The molecule has 0 aliphatic heterocycles. The van der Waals surface area contributed by atoms with Crippen molar-refractivity contribution in [2.75, 3.05) is 11.9 Å². The van der Waals surface area contributed by atoms with Gasteiger partial charge >= 0.3 is 5.97 Å². The molecule has 5 nitrogen and oxygen atoms in total. The number of nitriles is 1. The van der Waals surface area contributed by atoms with E-state index >= 15 is 0 Å². The molecule has 1 aromatic carbocycles. The molecule has 1 rings (SSSR count). The monoisotopic (exact) mass is 282 g/mol. The fourth-order valence-corrected chi connectivity index (χ4v) is 1.30. The Morgan fingerprint density at radius 3 is 2.47 bits per heavy atom. The number of aliphatic carboxylic acids is 1. The highest BCUT2D eigenvalue weighted by atomic mass is 35.5. The first kappa shape index (κ1) is 16.9. The van der Waals surface area contributed by atoms with E-state index in [1.807, 2.05) is 19.1 Å². The molecular weight excluding hydrogens is 268 g/mol. The summed E-state index contributed by atoms with van der Waals surface area (Å²) in [5.41, 5.74) is 1.44. The van der Waals surface area contributed by atoms with Gasteiger partial charge in [0, 0.05) is 12.2 Å². The molecule has 6 heteroatoms. The second kappa shape index (κ2) is 8.95. The summed E-state index contributed by atoms with van der Waals surface area (Å²) in [6.45, 7) is 4.08. The minimum atomic E-state index is -1.06. The van der Waals surface area contributed by atoms with E-state index in [0.29, 0.717) is 10.6 Å². The van der Waals surface area contributed by atoms with Gasteiger partial charge in [0.05, 0.1) is 10.6 Å². The molecule has 19 heavy (non-hydrogen) atoms.